The molecule has 102 valence electrons. The third kappa shape index (κ3) is 3.28. The number of hydrogen-bond acceptors (Lipinski definition) is 7. The lowest BCUT2D eigenvalue weighted by Gasteiger charge is -2.09. The van der Waals surface area contributed by atoms with E-state index in [4.69, 9.17) is 9.02 Å². The number of ether oxygens (including phenoxy) is 1. The summed E-state index contributed by atoms with van der Waals surface area (Å²) in [6.07, 6.45) is 0. The standard InChI is InChI=1S/C10H11N3O5S/c1-12(2)18-19(15)13-9(11-17-10(13)14)16-8-6-4-3-5-7-8/h3-7H,1-2H3. The lowest BCUT2D eigenvalue weighted by atomic mass is 10.3. The molecule has 0 fully saturated rings. The molecule has 2 aromatic rings. The number of hydroxylamine groups is 2. The summed E-state index contributed by atoms with van der Waals surface area (Å²) in [5.41, 5.74) is 0. The molecule has 0 aliphatic rings. The van der Waals surface area contributed by atoms with Crippen LogP contribution in [-0.4, -0.2) is 32.5 Å². The van der Waals surface area contributed by atoms with E-state index in [0.29, 0.717) is 9.72 Å². The van der Waals surface area contributed by atoms with E-state index in [1.54, 1.807) is 30.3 Å². The van der Waals surface area contributed by atoms with Crippen LogP contribution in [0.2, 0.25) is 0 Å². The summed E-state index contributed by atoms with van der Waals surface area (Å²) in [5.74, 6) is -0.516. The van der Waals surface area contributed by atoms with Crippen LogP contribution in [-0.2, 0) is 15.6 Å². The summed E-state index contributed by atoms with van der Waals surface area (Å²) in [4.78, 5) is 11.4. The molecule has 0 N–H and O–H groups in total. The van der Waals surface area contributed by atoms with E-state index in [-0.39, 0.29) is 6.01 Å². The number of nitrogens with zero attached hydrogens (tertiary/aromatic N) is 3. The molecular weight excluding hydrogens is 274 g/mol. The van der Waals surface area contributed by atoms with Gasteiger partial charge < -0.3 is 4.74 Å². The van der Waals surface area contributed by atoms with Crippen molar-refractivity contribution in [2.45, 2.75) is 0 Å². The highest BCUT2D eigenvalue weighted by Gasteiger charge is 2.20. The van der Waals surface area contributed by atoms with E-state index < -0.39 is 17.0 Å². The zero-order valence-corrected chi connectivity index (χ0v) is 11.0. The van der Waals surface area contributed by atoms with Crippen LogP contribution in [0.1, 0.15) is 0 Å². The molecule has 1 unspecified atom stereocenters. The Morgan fingerprint density at radius 2 is 2.00 bits per heavy atom. The molecule has 0 spiro atoms. The normalized spacial score (nSPS) is 12.6. The molecule has 0 bridgehead atoms. The van der Waals surface area contributed by atoms with Gasteiger partial charge in [0.1, 0.15) is 5.75 Å². The van der Waals surface area contributed by atoms with Crippen molar-refractivity contribution < 1.29 is 17.8 Å². The van der Waals surface area contributed by atoms with Crippen LogP contribution in [0.25, 0.3) is 0 Å². The maximum absolute atomic E-state index is 11.8. The van der Waals surface area contributed by atoms with E-state index in [0.717, 1.165) is 0 Å². The van der Waals surface area contributed by atoms with Crippen molar-refractivity contribution in [2.75, 3.05) is 14.1 Å². The van der Waals surface area contributed by atoms with Crippen LogP contribution in [0, 0.1) is 0 Å². The minimum absolute atomic E-state index is 0.253. The highest BCUT2D eigenvalue weighted by molar-refractivity contribution is 7.78. The predicted molar refractivity (Wildman–Crippen MR) is 65.6 cm³/mol. The van der Waals surface area contributed by atoms with E-state index in [1.807, 2.05) is 0 Å². The largest absolute Gasteiger partial charge is 0.458 e. The zero-order valence-electron chi connectivity index (χ0n) is 10.2. The molecule has 0 saturated carbocycles. The van der Waals surface area contributed by atoms with Gasteiger partial charge in [0.15, 0.2) is 0 Å². The smallest absolute Gasteiger partial charge is 0.423 e. The quantitative estimate of drug-likeness (QED) is 0.741. The Morgan fingerprint density at radius 1 is 1.32 bits per heavy atom. The van der Waals surface area contributed by atoms with Gasteiger partial charge in [-0.3, -0.25) is 4.52 Å². The number of aromatic nitrogens is 2. The first kappa shape index (κ1) is 13.5. The highest BCUT2D eigenvalue weighted by atomic mass is 32.2. The van der Waals surface area contributed by atoms with Crippen molar-refractivity contribution >= 4 is 11.3 Å². The van der Waals surface area contributed by atoms with Crippen molar-refractivity contribution in [1.82, 2.24) is 14.2 Å². The van der Waals surface area contributed by atoms with Crippen molar-refractivity contribution in [3.8, 4) is 11.8 Å². The Labute approximate surface area is 110 Å². The average Bonchev–Trinajstić information content (AvgIpc) is 2.71. The second-order valence-corrected chi connectivity index (χ2v) is 4.49. The minimum atomic E-state index is -2.13. The van der Waals surface area contributed by atoms with Gasteiger partial charge in [0.05, 0.1) is 0 Å². The van der Waals surface area contributed by atoms with Crippen LogP contribution < -0.4 is 10.5 Å². The first-order valence-corrected chi connectivity index (χ1v) is 6.21. The van der Waals surface area contributed by atoms with Crippen LogP contribution in [0.5, 0.6) is 11.8 Å². The molecule has 1 aromatic carbocycles. The Balaban J connectivity index is 2.28. The second kappa shape index (κ2) is 5.78. The maximum atomic E-state index is 11.8. The van der Waals surface area contributed by atoms with Crippen molar-refractivity contribution in [3.05, 3.63) is 40.9 Å². The van der Waals surface area contributed by atoms with Gasteiger partial charge in [-0.15, -0.1) is 3.97 Å². The molecular formula is C10H11N3O5S. The predicted octanol–water partition coefficient (Wildman–Crippen LogP) is 0.549. The fourth-order valence-corrected chi connectivity index (χ4v) is 1.84. The van der Waals surface area contributed by atoms with E-state index in [1.165, 1.54) is 19.2 Å². The van der Waals surface area contributed by atoms with Gasteiger partial charge in [-0.05, 0) is 17.3 Å². The second-order valence-electron chi connectivity index (χ2n) is 3.54. The van der Waals surface area contributed by atoms with Gasteiger partial charge in [0, 0.05) is 14.1 Å². The number of para-hydroxylation sites is 1. The average molecular weight is 285 g/mol. The van der Waals surface area contributed by atoms with Crippen molar-refractivity contribution in [3.63, 3.8) is 0 Å². The monoisotopic (exact) mass is 285 g/mol. The third-order valence-corrected chi connectivity index (χ3v) is 2.88. The number of hydrogen-bond donors (Lipinski definition) is 0. The Morgan fingerprint density at radius 3 is 2.63 bits per heavy atom. The maximum Gasteiger partial charge on any atom is 0.458 e. The molecule has 9 heteroatoms. The van der Waals surface area contributed by atoms with Gasteiger partial charge in [-0.1, -0.05) is 18.2 Å². The first-order chi connectivity index (χ1) is 9.08. The first-order valence-electron chi connectivity index (χ1n) is 5.17. The molecule has 0 radical (unpaired) electrons. The van der Waals surface area contributed by atoms with Crippen LogP contribution in [0.3, 0.4) is 0 Å². The van der Waals surface area contributed by atoms with Crippen LogP contribution in [0.15, 0.2) is 39.6 Å². The highest BCUT2D eigenvalue weighted by Crippen LogP contribution is 2.18. The molecule has 2 rings (SSSR count). The van der Waals surface area contributed by atoms with Gasteiger partial charge >= 0.3 is 11.8 Å². The summed E-state index contributed by atoms with van der Waals surface area (Å²) < 4.78 is 27.0. The Kier molecular flexibility index (Phi) is 4.10. The lowest BCUT2D eigenvalue weighted by Crippen LogP contribution is -2.25. The molecule has 19 heavy (non-hydrogen) atoms. The summed E-state index contributed by atoms with van der Waals surface area (Å²) in [6, 6.07) is 8.33. The van der Waals surface area contributed by atoms with Gasteiger partial charge in [0.25, 0.3) is 11.3 Å². The fourth-order valence-electron chi connectivity index (χ4n) is 1.17. The third-order valence-electron chi connectivity index (χ3n) is 1.86. The molecule has 1 heterocycles. The van der Waals surface area contributed by atoms with Gasteiger partial charge in [0.2, 0.25) is 0 Å². The van der Waals surface area contributed by atoms with E-state index >= 15 is 0 Å². The van der Waals surface area contributed by atoms with Crippen LogP contribution >= 0.6 is 0 Å². The molecule has 1 aromatic heterocycles. The summed E-state index contributed by atoms with van der Waals surface area (Å²) in [6.45, 7) is 0. The number of benzene rings is 1. The Bertz CT molecular complexity index is 622. The zero-order chi connectivity index (χ0) is 13.8. The summed E-state index contributed by atoms with van der Waals surface area (Å²) in [7, 11) is 3.04. The van der Waals surface area contributed by atoms with Gasteiger partial charge in [-0.25, -0.2) is 9.00 Å². The molecule has 0 amide bonds. The molecule has 1 atom stereocenters. The molecule has 0 aliphatic carbocycles. The lowest BCUT2D eigenvalue weighted by molar-refractivity contribution is 0.0119. The van der Waals surface area contributed by atoms with E-state index in [9.17, 15) is 9.00 Å². The van der Waals surface area contributed by atoms with E-state index in [2.05, 4.69) is 9.68 Å². The minimum Gasteiger partial charge on any atom is -0.423 e. The van der Waals surface area contributed by atoms with Crippen molar-refractivity contribution in [2.24, 2.45) is 0 Å². The topological polar surface area (TPSA) is 86.8 Å². The SMILES string of the molecule is CN(C)OS(=O)n1c(Oc2ccccc2)noc1=O. The summed E-state index contributed by atoms with van der Waals surface area (Å²) >= 11 is -2.13. The number of rotatable bonds is 5. The molecule has 0 aliphatic heterocycles. The summed E-state index contributed by atoms with van der Waals surface area (Å²) in [5, 5.41) is 4.58. The molecule has 0 saturated heterocycles. The Hall–Kier alpha value is -1.97. The fraction of sp³-hybridized carbons (Fsp3) is 0.200. The van der Waals surface area contributed by atoms with Crippen molar-refractivity contribution in [1.29, 1.82) is 0 Å². The molecule has 8 nitrogen and oxygen atoms in total. The van der Waals surface area contributed by atoms with Gasteiger partial charge in [-0.2, -0.15) is 9.35 Å². The van der Waals surface area contributed by atoms with Crippen LogP contribution in [0.4, 0.5) is 0 Å².